The fraction of sp³-hybridized carbons (Fsp3) is 0.167. The molecule has 1 amide bonds. The molecule has 3 aromatic rings. The Hall–Kier alpha value is -2.47. The van der Waals surface area contributed by atoms with Gasteiger partial charge in [-0.15, -0.1) is 0 Å². The minimum absolute atomic E-state index is 0.0547. The molecule has 1 unspecified atom stereocenters. The van der Waals surface area contributed by atoms with Crippen LogP contribution in [0.25, 0.3) is 10.9 Å². The number of aromatic nitrogens is 2. The molecule has 24 heavy (non-hydrogen) atoms. The number of halogens is 1. The van der Waals surface area contributed by atoms with Crippen molar-refractivity contribution in [3.63, 3.8) is 0 Å². The fourth-order valence-electron chi connectivity index (χ4n) is 2.57. The molecule has 1 atom stereocenters. The molecule has 1 heterocycles. The van der Waals surface area contributed by atoms with Gasteiger partial charge in [0.1, 0.15) is 6.54 Å². The minimum Gasteiger partial charge on any atom is -0.348 e. The van der Waals surface area contributed by atoms with Gasteiger partial charge >= 0.3 is 0 Å². The molecule has 122 valence electrons. The lowest BCUT2D eigenvalue weighted by molar-refractivity contribution is -0.122. The quantitative estimate of drug-likeness (QED) is 0.750. The summed E-state index contributed by atoms with van der Waals surface area (Å²) in [5, 5.41) is 7.58. The van der Waals surface area contributed by atoms with Crippen LogP contribution >= 0.6 is 15.9 Å². The second kappa shape index (κ2) is 6.97. The predicted molar refractivity (Wildman–Crippen MR) is 96.7 cm³/mol. The Balaban J connectivity index is 1.78. The van der Waals surface area contributed by atoms with Gasteiger partial charge < -0.3 is 5.32 Å². The van der Waals surface area contributed by atoms with Crippen molar-refractivity contribution in [3.05, 3.63) is 75.0 Å². The standard InChI is InChI=1S/C18H16BrN3O2/c1-12(13-5-4-6-14(19)9-13)21-18(24)11-22-16-8-3-2-7-15(16)17(23)10-20-22/h2-10,12H,11H2,1H3,(H,21,24). The van der Waals surface area contributed by atoms with Crippen molar-refractivity contribution in [2.24, 2.45) is 0 Å². The molecule has 0 saturated carbocycles. The van der Waals surface area contributed by atoms with Gasteiger partial charge in [-0.3, -0.25) is 14.3 Å². The third kappa shape index (κ3) is 3.54. The van der Waals surface area contributed by atoms with Crippen molar-refractivity contribution < 1.29 is 4.79 Å². The van der Waals surface area contributed by atoms with Crippen LogP contribution in [0.1, 0.15) is 18.5 Å². The highest BCUT2D eigenvalue weighted by Crippen LogP contribution is 2.17. The molecule has 1 N–H and O–H groups in total. The van der Waals surface area contributed by atoms with E-state index in [2.05, 4.69) is 26.3 Å². The van der Waals surface area contributed by atoms with Gasteiger partial charge in [0.15, 0.2) is 0 Å². The summed E-state index contributed by atoms with van der Waals surface area (Å²) in [5.74, 6) is -0.163. The Labute approximate surface area is 147 Å². The molecule has 0 aliphatic carbocycles. The molecule has 0 aliphatic rings. The van der Waals surface area contributed by atoms with Gasteiger partial charge in [-0.2, -0.15) is 5.10 Å². The van der Waals surface area contributed by atoms with Gasteiger partial charge in [0, 0.05) is 9.86 Å². The Morgan fingerprint density at radius 1 is 1.25 bits per heavy atom. The van der Waals surface area contributed by atoms with Crippen molar-refractivity contribution in [2.75, 3.05) is 0 Å². The molecule has 1 aromatic heterocycles. The van der Waals surface area contributed by atoms with Gasteiger partial charge in [-0.05, 0) is 36.8 Å². The van der Waals surface area contributed by atoms with Crippen LogP contribution in [0.3, 0.4) is 0 Å². The molecule has 3 rings (SSSR count). The third-order valence-electron chi connectivity index (χ3n) is 3.78. The zero-order valence-electron chi connectivity index (χ0n) is 13.1. The summed E-state index contributed by atoms with van der Waals surface area (Å²) in [6, 6.07) is 14.8. The zero-order valence-corrected chi connectivity index (χ0v) is 14.7. The number of benzene rings is 2. The number of hydrogen-bond donors (Lipinski definition) is 1. The molecule has 5 nitrogen and oxygen atoms in total. The predicted octanol–water partition coefficient (Wildman–Crippen LogP) is 3.04. The van der Waals surface area contributed by atoms with Crippen LogP contribution in [-0.2, 0) is 11.3 Å². The van der Waals surface area contributed by atoms with E-state index >= 15 is 0 Å². The number of carbonyl (C=O) groups is 1. The first kappa shape index (κ1) is 16.4. The fourth-order valence-corrected chi connectivity index (χ4v) is 2.99. The average Bonchev–Trinajstić information content (AvgIpc) is 2.57. The number of hydrogen-bond acceptors (Lipinski definition) is 3. The molecule has 0 spiro atoms. The van der Waals surface area contributed by atoms with E-state index in [4.69, 9.17) is 0 Å². The molecule has 0 saturated heterocycles. The van der Waals surface area contributed by atoms with Gasteiger partial charge in [0.05, 0.1) is 17.8 Å². The average molecular weight is 386 g/mol. The van der Waals surface area contributed by atoms with Crippen LogP contribution in [0.5, 0.6) is 0 Å². The first-order valence-corrected chi connectivity index (χ1v) is 8.33. The maximum Gasteiger partial charge on any atom is 0.242 e. The monoisotopic (exact) mass is 385 g/mol. The normalized spacial score (nSPS) is 12.1. The largest absolute Gasteiger partial charge is 0.348 e. The number of fused-ring (bicyclic) bond motifs is 1. The van der Waals surface area contributed by atoms with Crippen molar-refractivity contribution in [3.8, 4) is 0 Å². The lowest BCUT2D eigenvalue weighted by Crippen LogP contribution is -2.31. The highest BCUT2D eigenvalue weighted by Gasteiger charge is 2.12. The second-order valence-corrected chi connectivity index (χ2v) is 6.44. The lowest BCUT2D eigenvalue weighted by atomic mass is 10.1. The summed E-state index contributed by atoms with van der Waals surface area (Å²) in [5.41, 5.74) is 1.51. The third-order valence-corrected chi connectivity index (χ3v) is 4.27. The second-order valence-electron chi connectivity index (χ2n) is 5.53. The van der Waals surface area contributed by atoms with Crippen molar-refractivity contribution in [1.29, 1.82) is 0 Å². The molecule has 6 heteroatoms. The number of nitrogens with one attached hydrogen (secondary N) is 1. The van der Waals surface area contributed by atoms with Crippen molar-refractivity contribution in [1.82, 2.24) is 15.1 Å². The molecule has 2 aromatic carbocycles. The lowest BCUT2D eigenvalue weighted by Gasteiger charge is -2.16. The summed E-state index contributed by atoms with van der Waals surface area (Å²) in [7, 11) is 0. The summed E-state index contributed by atoms with van der Waals surface area (Å²) < 4.78 is 2.51. The summed E-state index contributed by atoms with van der Waals surface area (Å²) in [6.07, 6.45) is 1.24. The summed E-state index contributed by atoms with van der Waals surface area (Å²) in [6.45, 7) is 1.98. The topological polar surface area (TPSA) is 64.0 Å². The van der Waals surface area contributed by atoms with E-state index in [1.54, 1.807) is 22.9 Å². The van der Waals surface area contributed by atoms with Crippen LogP contribution in [0.4, 0.5) is 0 Å². The van der Waals surface area contributed by atoms with E-state index in [0.717, 1.165) is 10.0 Å². The molecular weight excluding hydrogens is 370 g/mol. The zero-order chi connectivity index (χ0) is 17.1. The number of nitrogens with zero attached hydrogens (tertiary/aromatic N) is 2. The van der Waals surface area contributed by atoms with Crippen molar-refractivity contribution in [2.45, 2.75) is 19.5 Å². The van der Waals surface area contributed by atoms with Gasteiger partial charge in [0.25, 0.3) is 0 Å². The van der Waals surface area contributed by atoms with Crippen molar-refractivity contribution >= 4 is 32.7 Å². The van der Waals surface area contributed by atoms with E-state index in [9.17, 15) is 9.59 Å². The number of amides is 1. The number of rotatable bonds is 4. The first-order valence-electron chi connectivity index (χ1n) is 7.54. The van der Waals surface area contributed by atoms with Gasteiger partial charge in [-0.25, -0.2) is 0 Å². The first-order chi connectivity index (χ1) is 11.5. The summed E-state index contributed by atoms with van der Waals surface area (Å²) in [4.78, 5) is 24.2. The van der Waals surface area contributed by atoms with E-state index in [0.29, 0.717) is 10.9 Å². The Kier molecular flexibility index (Phi) is 4.76. The minimum atomic E-state index is -0.163. The van der Waals surface area contributed by atoms with E-state index in [1.807, 2.05) is 37.3 Å². The van der Waals surface area contributed by atoms with Crippen LogP contribution in [0, 0.1) is 0 Å². The van der Waals surface area contributed by atoms with E-state index < -0.39 is 0 Å². The number of para-hydroxylation sites is 1. The Morgan fingerprint density at radius 2 is 2.04 bits per heavy atom. The molecule has 0 radical (unpaired) electrons. The smallest absolute Gasteiger partial charge is 0.242 e. The van der Waals surface area contributed by atoms with Crippen LogP contribution < -0.4 is 10.7 Å². The van der Waals surface area contributed by atoms with Gasteiger partial charge in [0.2, 0.25) is 11.3 Å². The van der Waals surface area contributed by atoms with Crippen LogP contribution in [-0.4, -0.2) is 15.7 Å². The van der Waals surface area contributed by atoms with E-state index in [1.165, 1.54) is 6.20 Å². The molecular formula is C18H16BrN3O2. The summed E-state index contributed by atoms with van der Waals surface area (Å²) >= 11 is 3.43. The Morgan fingerprint density at radius 3 is 2.83 bits per heavy atom. The molecule has 0 fully saturated rings. The highest BCUT2D eigenvalue weighted by atomic mass is 79.9. The SMILES string of the molecule is CC(NC(=O)Cn1ncc(=O)c2ccccc21)c1cccc(Br)c1. The van der Waals surface area contributed by atoms with Crippen LogP contribution in [0.15, 0.2) is 64.0 Å². The highest BCUT2D eigenvalue weighted by molar-refractivity contribution is 9.10. The maximum atomic E-state index is 12.3. The van der Waals surface area contributed by atoms with Crippen LogP contribution in [0.2, 0.25) is 0 Å². The maximum absolute atomic E-state index is 12.3. The Bertz CT molecular complexity index is 952. The van der Waals surface area contributed by atoms with Gasteiger partial charge in [-0.1, -0.05) is 40.2 Å². The molecule has 0 bridgehead atoms. The molecule has 0 aliphatic heterocycles. The van der Waals surface area contributed by atoms with E-state index in [-0.39, 0.29) is 23.9 Å². The number of carbonyl (C=O) groups excluding carboxylic acids is 1.